The summed E-state index contributed by atoms with van der Waals surface area (Å²) in [5.74, 6) is 0.207. The van der Waals surface area contributed by atoms with Crippen LogP contribution in [0.15, 0.2) is 36.4 Å². The molecular weight excluding hydrogens is 288 g/mol. The van der Waals surface area contributed by atoms with Gasteiger partial charge in [-0.3, -0.25) is 4.79 Å². The molecule has 0 saturated carbocycles. The Hall–Kier alpha value is -1.65. The average molecular weight is 305 g/mol. The zero-order valence-electron chi connectivity index (χ0n) is 11.6. The van der Waals surface area contributed by atoms with Gasteiger partial charge in [0, 0.05) is 24.5 Å². The van der Waals surface area contributed by atoms with E-state index in [9.17, 15) is 4.79 Å². The molecule has 1 aliphatic heterocycles. The van der Waals surface area contributed by atoms with Gasteiger partial charge in [0.25, 0.3) is 5.91 Å². The van der Waals surface area contributed by atoms with Crippen LogP contribution in [0.1, 0.15) is 23.3 Å². The Balaban J connectivity index is 1.82. The first-order valence-electron chi connectivity index (χ1n) is 7.04. The molecule has 1 aromatic heterocycles. The number of fused-ring (bicyclic) bond motifs is 1. The van der Waals surface area contributed by atoms with Crippen molar-refractivity contribution in [2.24, 2.45) is 0 Å². The molecule has 0 spiro atoms. The van der Waals surface area contributed by atoms with Gasteiger partial charge in [-0.1, -0.05) is 24.3 Å². The van der Waals surface area contributed by atoms with E-state index < -0.39 is 0 Å². The van der Waals surface area contributed by atoms with Crippen LogP contribution in [0.2, 0.25) is 0 Å². The highest BCUT2D eigenvalue weighted by Gasteiger charge is 2.33. The molecule has 21 heavy (non-hydrogen) atoms. The van der Waals surface area contributed by atoms with Crippen molar-refractivity contribution in [3.8, 4) is 0 Å². The zero-order chi connectivity index (χ0) is 14.7. The number of pyridine rings is 1. The predicted molar refractivity (Wildman–Crippen MR) is 82.7 cm³/mol. The first-order chi connectivity index (χ1) is 10.2. The molecule has 4 nitrogen and oxygen atoms in total. The molecule has 1 fully saturated rings. The number of ether oxygens (including phenoxy) is 1. The summed E-state index contributed by atoms with van der Waals surface area (Å²) in [5, 5.41) is 4.07. The van der Waals surface area contributed by atoms with Gasteiger partial charge >= 0.3 is 0 Å². The summed E-state index contributed by atoms with van der Waals surface area (Å²) in [6.07, 6.45) is 1.46. The maximum atomic E-state index is 12.4. The number of alkyl halides is 1. The molecule has 3 rings (SSSR count). The molecule has 0 aliphatic carbocycles. The number of aromatic nitrogens is 1. The number of hydrogen-bond acceptors (Lipinski definition) is 3. The molecule has 5 heteroatoms. The molecule has 1 amide bonds. The first kappa shape index (κ1) is 14.3. The highest BCUT2D eigenvalue weighted by Crippen LogP contribution is 2.23. The van der Waals surface area contributed by atoms with Gasteiger partial charge in [0.1, 0.15) is 5.69 Å². The molecule has 0 unspecified atom stereocenters. The van der Waals surface area contributed by atoms with Gasteiger partial charge in [0.15, 0.2) is 0 Å². The summed E-state index contributed by atoms with van der Waals surface area (Å²) >= 11 is 6.07. The predicted octanol–water partition coefficient (Wildman–Crippen LogP) is 2.75. The number of halogens is 1. The van der Waals surface area contributed by atoms with Crippen LogP contribution >= 0.6 is 11.6 Å². The number of rotatable bonds is 3. The molecule has 2 heterocycles. The van der Waals surface area contributed by atoms with E-state index in [-0.39, 0.29) is 11.4 Å². The number of carbonyl (C=O) groups is 1. The minimum atomic E-state index is -0.385. The Bertz CT molecular complexity index is 654. The van der Waals surface area contributed by atoms with Crippen molar-refractivity contribution in [2.75, 3.05) is 19.1 Å². The lowest BCUT2D eigenvalue weighted by molar-refractivity contribution is 0.0432. The van der Waals surface area contributed by atoms with Gasteiger partial charge < -0.3 is 10.1 Å². The molecule has 2 aromatic rings. The summed E-state index contributed by atoms with van der Waals surface area (Å²) in [7, 11) is 0. The summed E-state index contributed by atoms with van der Waals surface area (Å²) in [6, 6.07) is 11.4. The quantitative estimate of drug-likeness (QED) is 0.887. The second-order valence-corrected chi connectivity index (χ2v) is 5.64. The minimum Gasteiger partial charge on any atom is -0.381 e. The van der Waals surface area contributed by atoms with Crippen molar-refractivity contribution >= 4 is 28.4 Å². The lowest BCUT2D eigenvalue weighted by Gasteiger charge is -2.36. The molecule has 1 saturated heterocycles. The largest absolute Gasteiger partial charge is 0.381 e. The summed E-state index contributed by atoms with van der Waals surface area (Å²) < 4.78 is 5.35. The molecule has 0 radical (unpaired) electrons. The van der Waals surface area contributed by atoms with Gasteiger partial charge in [-0.25, -0.2) is 4.98 Å². The number of benzene rings is 1. The third kappa shape index (κ3) is 3.01. The summed E-state index contributed by atoms with van der Waals surface area (Å²) in [6.45, 7) is 1.25. The van der Waals surface area contributed by atoms with E-state index in [1.54, 1.807) is 6.07 Å². The SMILES string of the molecule is O=C(NC1(CCl)CCOCC1)c1ccc2ccccc2n1. The topological polar surface area (TPSA) is 51.2 Å². The molecule has 0 bridgehead atoms. The number of hydrogen-bond donors (Lipinski definition) is 1. The van der Waals surface area contributed by atoms with Gasteiger partial charge in [-0.05, 0) is 25.0 Å². The first-order valence-corrected chi connectivity index (χ1v) is 7.58. The molecule has 1 aliphatic rings. The van der Waals surface area contributed by atoms with E-state index in [1.807, 2.05) is 30.3 Å². The van der Waals surface area contributed by atoms with Gasteiger partial charge in [0.05, 0.1) is 11.1 Å². The lowest BCUT2D eigenvalue weighted by Crippen LogP contribution is -2.53. The van der Waals surface area contributed by atoms with E-state index in [0.717, 1.165) is 23.7 Å². The van der Waals surface area contributed by atoms with E-state index in [0.29, 0.717) is 24.8 Å². The van der Waals surface area contributed by atoms with Crippen molar-refractivity contribution in [2.45, 2.75) is 18.4 Å². The van der Waals surface area contributed by atoms with Gasteiger partial charge in [0.2, 0.25) is 0 Å². The minimum absolute atomic E-state index is 0.177. The van der Waals surface area contributed by atoms with Crippen LogP contribution in [0.3, 0.4) is 0 Å². The monoisotopic (exact) mass is 304 g/mol. The fourth-order valence-corrected chi connectivity index (χ4v) is 2.89. The molecule has 110 valence electrons. The third-order valence-corrected chi connectivity index (χ3v) is 4.43. The summed E-state index contributed by atoms with van der Waals surface area (Å²) in [5.41, 5.74) is 0.853. The van der Waals surface area contributed by atoms with Crippen LogP contribution in [0.4, 0.5) is 0 Å². The fourth-order valence-electron chi connectivity index (χ4n) is 2.55. The van der Waals surface area contributed by atoms with Crippen molar-refractivity contribution in [1.82, 2.24) is 10.3 Å². The van der Waals surface area contributed by atoms with Gasteiger partial charge in [-0.15, -0.1) is 11.6 Å². The molecule has 1 aromatic carbocycles. The Morgan fingerprint density at radius 3 is 2.76 bits per heavy atom. The lowest BCUT2D eigenvalue weighted by atomic mass is 9.92. The zero-order valence-corrected chi connectivity index (χ0v) is 12.4. The number of para-hydroxylation sites is 1. The smallest absolute Gasteiger partial charge is 0.270 e. The number of carbonyl (C=O) groups excluding carboxylic acids is 1. The normalized spacial score (nSPS) is 17.6. The average Bonchev–Trinajstić information content (AvgIpc) is 2.55. The van der Waals surface area contributed by atoms with E-state index in [4.69, 9.17) is 16.3 Å². The van der Waals surface area contributed by atoms with Crippen molar-refractivity contribution in [3.05, 3.63) is 42.1 Å². The van der Waals surface area contributed by atoms with Crippen LogP contribution in [0.5, 0.6) is 0 Å². The number of nitrogens with one attached hydrogen (secondary N) is 1. The van der Waals surface area contributed by atoms with Crippen molar-refractivity contribution < 1.29 is 9.53 Å². The Morgan fingerprint density at radius 1 is 1.24 bits per heavy atom. The van der Waals surface area contributed by atoms with Crippen LogP contribution in [-0.2, 0) is 4.74 Å². The molecule has 1 N–H and O–H groups in total. The van der Waals surface area contributed by atoms with E-state index in [2.05, 4.69) is 10.3 Å². The Kier molecular flexibility index (Phi) is 4.08. The highest BCUT2D eigenvalue weighted by atomic mass is 35.5. The maximum absolute atomic E-state index is 12.4. The van der Waals surface area contributed by atoms with Gasteiger partial charge in [-0.2, -0.15) is 0 Å². The van der Waals surface area contributed by atoms with Crippen LogP contribution in [-0.4, -0.2) is 35.5 Å². The Labute approximate surface area is 128 Å². The van der Waals surface area contributed by atoms with Crippen LogP contribution < -0.4 is 5.32 Å². The number of nitrogens with zero attached hydrogens (tertiary/aromatic N) is 1. The second-order valence-electron chi connectivity index (χ2n) is 5.37. The standard InChI is InChI=1S/C16H17ClN2O2/c17-11-16(7-9-21-10-8-16)19-15(20)14-6-5-12-3-1-2-4-13(12)18-14/h1-6H,7-11H2,(H,19,20). The van der Waals surface area contributed by atoms with E-state index in [1.165, 1.54) is 0 Å². The second kappa shape index (κ2) is 6.00. The van der Waals surface area contributed by atoms with Crippen LogP contribution in [0, 0.1) is 0 Å². The van der Waals surface area contributed by atoms with Crippen LogP contribution in [0.25, 0.3) is 10.9 Å². The Morgan fingerprint density at radius 2 is 2.00 bits per heavy atom. The maximum Gasteiger partial charge on any atom is 0.270 e. The van der Waals surface area contributed by atoms with Crippen molar-refractivity contribution in [3.63, 3.8) is 0 Å². The van der Waals surface area contributed by atoms with Crippen molar-refractivity contribution in [1.29, 1.82) is 0 Å². The summed E-state index contributed by atoms with van der Waals surface area (Å²) in [4.78, 5) is 16.9. The number of amides is 1. The fraction of sp³-hybridized carbons (Fsp3) is 0.375. The molecule has 0 atom stereocenters. The third-order valence-electron chi connectivity index (χ3n) is 3.92. The van der Waals surface area contributed by atoms with E-state index >= 15 is 0 Å². The highest BCUT2D eigenvalue weighted by molar-refractivity contribution is 6.19. The molecular formula is C16H17ClN2O2.